The maximum Gasteiger partial charge on any atom is 0.193 e. The van der Waals surface area contributed by atoms with E-state index >= 15 is 0 Å². The lowest BCUT2D eigenvalue weighted by Crippen LogP contribution is -2.46. The van der Waals surface area contributed by atoms with Crippen LogP contribution in [0.1, 0.15) is 32.3 Å². The molecular weight excluding hydrogens is 364 g/mol. The predicted molar refractivity (Wildman–Crippen MR) is 118 cm³/mol. The van der Waals surface area contributed by atoms with Gasteiger partial charge in [-0.15, -0.1) is 0 Å². The van der Waals surface area contributed by atoms with Gasteiger partial charge >= 0.3 is 0 Å². The molecule has 3 unspecified atom stereocenters. The number of nitrogens with one attached hydrogen (secondary N) is 1. The number of rotatable bonds is 8. The van der Waals surface area contributed by atoms with Crippen LogP contribution in [0.4, 0.5) is 0 Å². The smallest absolute Gasteiger partial charge is 0.193 e. The first-order valence-electron chi connectivity index (χ1n) is 11.1. The maximum absolute atomic E-state index is 5.95. The molecule has 1 aromatic carbocycles. The largest absolute Gasteiger partial charge is 0.376 e. The Hall–Kier alpha value is -1.63. The molecule has 2 saturated heterocycles. The zero-order chi connectivity index (χ0) is 20.5. The zero-order valence-electron chi connectivity index (χ0n) is 18.3. The Balaban J connectivity index is 1.31. The highest BCUT2D eigenvalue weighted by molar-refractivity contribution is 5.80. The monoisotopic (exact) mass is 402 g/mol. The molecule has 2 heterocycles. The average Bonchev–Trinajstić information content (AvgIpc) is 3.17. The van der Waals surface area contributed by atoms with Gasteiger partial charge in [-0.2, -0.15) is 0 Å². The van der Waals surface area contributed by atoms with Crippen molar-refractivity contribution in [1.82, 2.24) is 15.1 Å². The molecule has 6 heteroatoms. The van der Waals surface area contributed by atoms with E-state index in [0.717, 1.165) is 58.3 Å². The molecule has 0 spiro atoms. The molecule has 0 aromatic heterocycles. The van der Waals surface area contributed by atoms with Crippen molar-refractivity contribution < 1.29 is 9.47 Å². The first-order chi connectivity index (χ1) is 14.1. The van der Waals surface area contributed by atoms with Crippen LogP contribution in [0.15, 0.2) is 35.3 Å². The van der Waals surface area contributed by atoms with E-state index < -0.39 is 0 Å². The van der Waals surface area contributed by atoms with E-state index in [1.54, 1.807) is 0 Å². The molecule has 2 aliphatic heterocycles. The van der Waals surface area contributed by atoms with Crippen LogP contribution in [-0.4, -0.2) is 80.9 Å². The average molecular weight is 403 g/mol. The van der Waals surface area contributed by atoms with Gasteiger partial charge in [0.05, 0.1) is 25.4 Å². The molecule has 2 aliphatic rings. The summed E-state index contributed by atoms with van der Waals surface area (Å²) < 4.78 is 11.8. The Bertz CT molecular complexity index is 615. The van der Waals surface area contributed by atoms with Gasteiger partial charge in [0.15, 0.2) is 5.96 Å². The minimum absolute atomic E-state index is 0.338. The Morgan fingerprint density at radius 2 is 1.93 bits per heavy atom. The molecule has 0 radical (unpaired) electrons. The summed E-state index contributed by atoms with van der Waals surface area (Å²) in [5, 5.41) is 3.55. The highest BCUT2D eigenvalue weighted by Crippen LogP contribution is 2.17. The van der Waals surface area contributed by atoms with Crippen LogP contribution in [-0.2, 0) is 16.1 Å². The zero-order valence-corrected chi connectivity index (χ0v) is 18.3. The van der Waals surface area contributed by atoms with Crippen LogP contribution < -0.4 is 5.32 Å². The lowest BCUT2D eigenvalue weighted by molar-refractivity contribution is -0.0679. The van der Waals surface area contributed by atoms with Gasteiger partial charge in [0.25, 0.3) is 0 Å². The van der Waals surface area contributed by atoms with Crippen molar-refractivity contribution in [3.63, 3.8) is 0 Å². The Labute approximate surface area is 176 Å². The second kappa shape index (κ2) is 11.5. The molecule has 162 valence electrons. The van der Waals surface area contributed by atoms with Crippen LogP contribution >= 0.6 is 0 Å². The molecule has 2 fully saturated rings. The van der Waals surface area contributed by atoms with Gasteiger partial charge < -0.3 is 19.7 Å². The highest BCUT2D eigenvalue weighted by atomic mass is 16.5. The van der Waals surface area contributed by atoms with Crippen molar-refractivity contribution in [2.75, 3.05) is 52.9 Å². The fraction of sp³-hybridized carbons (Fsp3) is 0.696. The third-order valence-electron chi connectivity index (χ3n) is 5.69. The number of likely N-dealkylation sites (tertiary alicyclic amines) is 1. The van der Waals surface area contributed by atoms with Gasteiger partial charge in [0.2, 0.25) is 0 Å². The molecular formula is C23H38N4O2. The van der Waals surface area contributed by atoms with Crippen LogP contribution in [0.25, 0.3) is 0 Å². The van der Waals surface area contributed by atoms with E-state index in [1.165, 1.54) is 12.0 Å². The summed E-state index contributed by atoms with van der Waals surface area (Å²) in [5.74, 6) is 1.60. The molecule has 0 saturated carbocycles. The van der Waals surface area contributed by atoms with E-state index in [-0.39, 0.29) is 0 Å². The number of aliphatic imine (C=N–C) groups is 1. The Kier molecular flexibility index (Phi) is 8.77. The van der Waals surface area contributed by atoms with E-state index in [0.29, 0.717) is 24.7 Å². The van der Waals surface area contributed by atoms with Crippen LogP contribution in [0, 0.1) is 5.92 Å². The molecule has 3 atom stereocenters. The van der Waals surface area contributed by atoms with Crippen molar-refractivity contribution in [2.24, 2.45) is 10.9 Å². The second-order valence-corrected chi connectivity index (χ2v) is 8.45. The van der Waals surface area contributed by atoms with E-state index in [2.05, 4.69) is 58.2 Å². The molecule has 6 nitrogen and oxygen atoms in total. The van der Waals surface area contributed by atoms with Crippen molar-refractivity contribution >= 4 is 5.96 Å². The van der Waals surface area contributed by atoms with Crippen LogP contribution in [0.3, 0.4) is 0 Å². The molecule has 1 aromatic rings. The van der Waals surface area contributed by atoms with Crippen molar-refractivity contribution in [3.8, 4) is 0 Å². The lowest BCUT2D eigenvalue weighted by atomic mass is 10.1. The van der Waals surface area contributed by atoms with Gasteiger partial charge in [-0.1, -0.05) is 30.3 Å². The number of ether oxygens (including phenoxy) is 2. The number of hydrogen-bond donors (Lipinski definition) is 1. The normalized spacial score (nSPS) is 26.1. The molecule has 0 aliphatic carbocycles. The minimum atomic E-state index is 0.338. The van der Waals surface area contributed by atoms with Crippen molar-refractivity contribution in [1.29, 1.82) is 0 Å². The van der Waals surface area contributed by atoms with Gasteiger partial charge in [-0.05, 0) is 32.3 Å². The van der Waals surface area contributed by atoms with E-state index in [4.69, 9.17) is 9.47 Å². The van der Waals surface area contributed by atoms with Crippen molar-refractivity contribution in [3.05, 3.63) is 35.9 Å². The summed E-state index contributed by atoms with van der Waals surface area (Å²) in [5.41, 5.74) is 1.24. The third-order valence-corrected chi connectivity index (χ3v) is 5.69. The maximum atomic E-state index is 5.95. The fourth-order valence-electron chi connectivity index (χ4n) is 4.38. The standard InChI is InChI=1S/C23H38N4O2/c1-19-14-26(15-20(2)29-19)12-7-11-25-23(24-3)27-13-10-22(16-27)18-28-17-21-8-5-4-6-9-21/h4-6,8-9,19-20,22H,7,10-18H2,1-3H3,(H,24,25). The van der Waals surface area contributed by atoms with Crippen molar-refractivity contribution in [2.45, 2.75) is 45.5 Å². The van der Waals surface area contributed by atoms with Gasteiger partial charge in [0, 0.05) is 52.2 Å². The first-order valence-corrected chi connectivity index (χ1v) is 11.1. The number of morpholine rings is 1. The number of nitrogens with zero attached hydrogens (tertiary/aromatic N) is 3. The summed E-state index contributed by atoms with van der Waals surface area (Å²) in [4.78, 5) is 9.38. The summed E-state index contributed by atoms with van der Waals surface area (Å²) in [6.45, 7) is 12.1. The molecule has 1 N–H and O–H groups in total. The summed E-state index contributed by atoms with van der Waals surface area (Å²) in [6, 6.07) is 10.4. The minimum Gasteiger partial charge on any atom is -0.376 e. The molecule has 3 rings (SSSR count). The summed E-state index contributed by atoms with van der Waals surface area (Å²) in [7, 11) is 1.88. The van der Waals surface area contributed by atoms with Gasteiger partial charge in [-0.3, -0.25) is 9.89 Å². The lowest BCUT2D eigenvalue weighted by Gasteiger charge is -2.35. The highest BCUT2D eigenvalue weighted by Gasteiger charge is 2.25. The molecule has 29 heavy (non-hydrogen) atoms. The topological polar surface area (TPSA) is 49.3 Å². The number of hydrogen-bond acceptors (Lipinski definition) is 4. The van der Waals surface area contributed by atoms with E-state index in [9.17, 15) is 0 Å². The Morgan fingerprint density at radius 3 is 2.66 bits per heavy atom. The summed E-state index contributed by atoms with van der Waals surface area (Å²) in [6.07, 6.45) is 2.96. The molecule has 0 amide bonds. The first kappa shape index (κ1) is 22.1. The second-order valence-electron chi connectivity index (χ2n) is 8.45. The predicted octanol–water partition coefficient (Wildman–Crippen LogP) is 2.60. The van der Waals surface area contributed by atoms with Gasteiger partial charge in [-0.25, -0.2) is 0 Å². The van der Waals surface area contributed by atoms with Crippen LogP contribution in [0.2, 0.25) is 0 Å². The SMILES string of the molecule is CN=C(NCCCN1CC(C)OC(C)C1)N1CCC(COCc2ccccc2)C1. The molecule has 0 bridgehead atoms. The number of benzene rings is 1. The fourth-order valence-corrected chi connectivity index (χ4v) is 4.38. The number of guanidine groups is 1. The Morgan fingerprint density at radius 1 is 1.17 bits per heavy atom. The summed E-state index contributed by atoms with van der Waals surface area (Å²) >= 11 is 0. The third kappa shape index (κ3) is 7.28. The van der Waals surface area contributed by atoms with Crippen LogP contribution in [0.5, 0.6) is 0 Å². The van der Waals surface area contributed by atoms with Gasteiger partial charge in [0.1, 0.15) is 0 Å². The van der Waals surface area contributed by atoms with E-state index in [1.807, 2.05) is 13.1 Å². The quantitative estimate of drug-likeness (QED) is 0.412.